The summed E-state index contributed by atoms with van der Waals surface area (Å²) in [6.45, 7) is 2.64. The number of piperidine rings is 1. The van der Waals surface area contributed by atoms with Crippen LogP contribution in [0.3, 0.4) is 0 Å². The van der Waals surface area contributed by atoms with Crippen molar-refractivity contribution in [2.24, 2.45) is 11.3 Å². The molecule has 3 fully saturated rings. The van der Waals surface area contributed by atoms with Crippen LogP contribution in [0.5, 0.6) is 11.5 Å². The van der Waals surface area contributed by atoms with Crippen LogP contribution in [0.4, 0.5) is 0 Å². The summed E-state index contributed by atoms with van der Waals surface area (Å²) in [6, 6.07) is 5.99. The molecule has 2 saturated carbocycles. The lowest BCUT2D eigenvalue weighted by atomic mass is 9.92. The highest BCUT2D eigenvalue weighted by atomic mass is 16.5. The molecule has 5 nitrogen and oxygen atoms in total. The molecule has 5 heteroatoms. The first kappa shape index (κ1) is 17.7. The number of hydrogen-bond acceptors (Lipinski definition) is 4. The first-order chi connectivity index (χ1) is 12.7. The van der Waals surface area contributed by atoms with Gasteiger partial charge in [0.25, 0.3) is 0 Å². The zero-order valence-corrected chi connectivity index (χ0v) is 15.7. The third-order valence-corrected chi connectivity index (χ3v) is 6.40. The maximum absolute atomic E-state index is 12.5. The summed E-state index contributed by atoms with van der Waals surface area (Å²) in [5.74, 6) is 1.98. The van der Waals surface area contributed by atoms with Crippen molar-refractivity contribution in [2.45, 2.75) is 57.6 Å². The summed E-state index contributed by atoms with van der Waals surface area (Å²) in [6.07, 6.45) is 8.37. The number of nitrogens with one attached hydrogen (secondary N) is 2. The van der Waals surface area contributed by atoms with E-state index in [4.69, 9.17) is 9.47 Å². The van der Waals surface area contributed by atoms with E-state index in [2.05, 4.69) is 10.6 Å². The van der Waals surface area contributed by atoms with E-state index in [-0.39, 0.29) is 17.2 Å². The van der Waals surface area contributed by atoms with E-state index < -0.39 is 0 Å². The van der Waals surface area contributed by atoms with E-state index in [0.29, 0.717) is 12.6 Å². The molecule has 1 atom stereocenters. The lowest BCUT2D eigenvalue weighted by Gasteiger charge is -2.23. The Morgan fingerprint density at radius 1 is 1.23 bits per heavy atom. The summed E-state index contributed by atoms with van der Waals surface area (Å²) >= 11 is 0. The van der Waals surface area contributed by atoms with Crippen LogP contribution in [0.15, 0.2) is 18.2 Å². The smallest absolute Gasteiger partial charge is 0.223 e. The summed E-state index contributed by atoms with van der Waals surface area (Å²) in [5, 5.41) is 6.50. The van der Waals surface area contributed by atoms with Crippen LogP contribution in [0.25, 0.3) is 0 Å². The van der Waals surface area contributed by atoms with Gasteiger partial charge in [0, 0.05) is 12.5 Å². The van der Waals surface area contributed by atoms with Gasteiger partial charge in [-0.3, -0.25) is 4.79 Å². The molecule has 26 heavy (non-hydrogen) atoms. The second kappa shape index (κ2) is 7.47. The van der Waals surface area contributed by atoms with Crippen molar-refractivity contribution in [1.82, 2.24) is 10.6 Å². The van der Waals surface area contributed by atoms with Crippen molar-refractivity contribution in [2.75, 3.05) is 20.2 Å². The number of methoxy groups -OCH3 is 1. The van der Waals surface area contributed by atoms with Crippen LogP contribution in [0.1, 0.15) is 50.5 Å². The predicted molar refractivity (Wildman–Crippen MR) is 100 cm³/mol. The lowest BCUT2D eigenvalue weighted by Crippen LogP contribution is -2.33. The zero-order valence-electron chi connectivity index (χ0n) is 15.7. The molecular formula is C21H30N2O3. The van der Waals surface area contributed by atoms with E-state index in [1.54, 1.807) is 7.11 Å². The van der Waals surface area contributed by atoms with E-state index in [1.165, 1.54) is 12.8 Å². The largest absolute Gasteiger partial charge is 0.493 e. The highest BCUT2D eigenvalue weighted by Gasteiger charge is 2.57. The van der Waals surface area contributed by atoms with Crippen LogP contribution in [-0.2, 0) is 11.3 Å². The highest BCUT2D eigenvalue weighted by Crippen LogP contribution is 2.58. The maximum Gasteiger partial charge on any atom is 0.223 e. The van der Waals surface area contributed by atoms with Gasteiger partial charge in [0.1, 0.15) is 0 Å². The fourth-order valence-electron chi connectivity index (χ4n) is 4.61. The molecule has 1 aliphatic heterocycles. The second-order valence-electron chi connectivity index (χ2n) is 8.10. The van der Waals surface area contributed by atoms with Gasteiger partial charge in [-0.25, -0.2) is 0 Å². The third-order valence-electron chi connectivity index (χ3n) is 6.40. The van der Waals surface area contributed by atoms with Gasteiger partial charge in [-0.1, -0.05) is 6.07 Å². The Morgan fingerprint density at radius 3 is 2.73 bits per heavy atom. The molecule has 1 heterocycles. The summed E-state index contributed by atoms with van der Waals surface area (Å²) < 4.78 is 11.6. The van der Waals surface area contributed by atoms with Gasteiger partial charge in [0.05, 0.1) is 13.2 Å². The fourth-order valence-corrected chi connectivity index (χ4v) is 4.61. The molecule has 0 aromatic heterocycles. The molecule has 0 bridgehead atoms. The number of hydrogen-bond donors (Lipinski definition) is 2. The minimum Gasteiger partial charge on any atom is -0.493 e. The lowest BCUT2D eigenvalue weighted by molar-refractivity contribution is -0.123. The number of rotatable bonds is 6. The van der Waals surface area contributed by atoms with Crippen LogP contribution < -0.4 is 20.1 Å². The fraction of sp³-hybridized carbons (Fsp3) is 0.667. The van der Waals surface area contributed by atoms with Crippen molar-refractivity contribution < 1.29 is 14.3 Å². The molecule has 2 N–H and O–H groups in total. The average Bonchev–Trinajstić information content (AvgIpc) is 3.11. The van der Waals surface area contributed by atoms with Gasteiger partial charge in [-0.15, -0.1) is 0 Å². The Bertz CT molecular complexity index is 649. The topological polar surface area (TPSA) is 59.6 Å². The van der Waals surface area contributed by atoms with Crippen LogP contribution in [0.2, 0.25) is 0 Å². The molecule has 0 radical (unpaired) electrons. The molecule has 3 aliphatic rings. The molecule has 1 unspecified atom stereocenters. The average molecular weight is 358 g/mol. The molecule has 1 saturated heterocycles. The Labute approximate surface area is 155 Å². The quantitative estimate of drug-likeness (QED) is 0.821. The van der Waals surface area contributed by atoms with Crippen molar-refractivity contribution in [1.29, 1.82) is 0 Å². The first-order valence-electron chi connectivity index (χ1n) is 10.0. The SMILES string of the molecule is COc1cc(CNC(=O)C2CC23CCNCC3)ccc1OC1CCCC1. The molecule has 1 spiro atoms. The number of carbonyl (C=O) groups is 1. The van der Waals surface area contributed by atoms with Gasteiger partial charge in [-0.05, 0) is 81.1 Å². The normalized spacial score (nSPS) is 24.4. The van der Waals surface area contributed by atoms with Crippen molar-refractivity contribution in [3.8, 4) is 11.5 Å². The van der Waals surface area contributed by atoms with Gasteiger partial charge >= 0.3 is 0 Å². The molecule has 1 amide bonds. The van der Waals surface area contributed by atoms with E-state index in [9.17, 15) is 4.79 Å². The number of benzene rings is 1. The Hall–Kier alpha value is -1.75. The molecule has 142 valence electrons. The molecular weight excluding hydrogens is 328 g/mol. The number of ether oxygens (including phenoxy) is 2. The molecule has 1 aromatic carbocycles. The first-order valence-corrected chi connectivity index (χ1v) is 10.0. The van der Waals surface area contributed by atoms with Crippen LogP contribution >= 0.6 is 0 Å². The molecule has 1 aromatic rings. The van der Waals surface area contributed by atoms with Crippen LogP contribution in [-0.4, -0.2) is 32.2 Å². The monoisotopic (exact) mass is 358 g/mol. The zero-order chi connectivity index (χ0) is 18.0. The summed E-state index contributed by atoms with van der Waals surface area (Å²) in [5.41, 5.74) is 1.33. The number of carbonyl (C=O) groups excluding carboxylic acids is 1. The minimum atomic E-state index is 0.205. The molecule has 2 aliphatic carbocycles. The van der Waals surface area contributed by atoms with E-state index >= 15 is 0 Å². The van der Waals surface area contributed by atoms with Crippen LogP contribution in [0, 0.1) is 11.3 Å². The Morgan fingerprint density at radius 2 is 2.00 bits per heavy atom. The molecule has 4 rings (SSSR count). The van der Waals surface area contributed by atoms with Gasteiger partial charge < -0.3 is 20.1 Å². The predicted octanol–water partition coefficient (Wildman–Crippen LogP) is 3.02. The van der Waals surface area contributed by atoms with Gasteiger partial charge in [0.2, 0.25) is 5.91 Å². The van der Waals surface area contributed by atoms with Crippen molar-refractivity contribution >= 4 is 5.91 Å². The second-order valence-corrected chi connectivity index (χ2v) is 8.10. The maximum atomic E-state index is 12.5. The summed E-state index contributed by atoms with van der Waals surface area (Å²) in [7, 11) is 1.67. The van der Waals surface area contributed by atoms with Gasteiger partial charge in [-0.2, -0.15) is 0 Å². The third kappa shape index (κ3) is 3.68. The van der Waals surface area contributed by atoms with E-state index in [1.807, 2.05) is 18.2 Å². The number of amides is 1. The van der Waals surface area contributed by atoms with Gasteiger partial charge in [0.15, 0.2) is 11.5 Å². The Kier molecular flexibility index (Phi) is 5.07. The highest BCUT2D eigenvalue weighted by molar-refractivity contribution is 5.82. The minimum absolute atomic E-state index is 0.205. The van der Waals surface area contributed by atoms with Crippen molar-refractivity contribution in [3.05, 3.63) is 23.8 Å². The Balaban J connectivity index is 1.32. The van der Waals surface area contributed by atoms with Crippen molar-refractivity contribution in [3.63, 3.8) is 0 Å². The summed E-state index contributed by atoms with van der Waals surface area (Å²) in [4.78, 5) is 12.5. The standard InChI is InChI=1S/C21H30N2O3/c1-25-19-12-15(6-7-18(19)26-16-4-2-3-5-16)14-23-20(24)17-13-21(17)8-10-22-11-9-21/h6-7,12,16-17,22H,2-5,8-11,13-14H2,1H3,(H,23,24). The van der Waals surface area contributed by atoms with E-state index in [0.717, 1.165) is 62.3 Å².